The van der Waals surface area contributed by atoms with Gasteiger partial charge in [0.15, 0.2) is 11.5 Å². The summed E-state index contributed by atoms with van der Waals surface area (Å²) in [6.07, 6.45) is 0. The molecule has 0 aliphatic carbocycles. The summed E-state index contributed by atoms with van der Waals surface area (Å²) in [7, 11) is 0. The lowest BCUT2D eigenvalue weighted by molar-refractivity contribution is -0.140. The van der Waals surface area contributed by atoms with Crippen molar-refractivity contribution in [3.63, 3.8) is 0 Å². The van der Waals surface area contributed by atoms with Crippen molar-refractivity contribution < 1.29 is 24.2 Å². The maximum absolute atomic E-state index is 13.1. The van der Waals surface area contributed by atoms with Crippen molar-refractivity contribution in [2.75, 3.05) is 39.4 Å². The fourth-order valence-electron chi connectivity index (χ4n) is 4.24. The molecular weight excluding hydrogens is 444 g/mol. The number of likely N-dealkylation sites (tertiary alicyclic amines) is 1. The molecule has 33 heavy (non-hydrogen) atoms. The largest absolute Gasteiger partial charge is 0.507 e. The van der Waals surface area contributed by atoms with E-state index < -0.39 is 17.7 Å². The van der Waals surface area contributed by atoms with Crippen LogP contribution in [0.15, 0.2) is 48.0 Å². The van der Waals surface area contributed by atoms with E-state index >= 15 is 0 Å². The highest BCUT2D eigenvalue weighted by Crippen LogP contribution is 2.41. The summed E-state index contributed by atoms with van der Waals surface area (Å²) >= 11 is 6.07. The van der Waals surface area contributed by atoms with Crippen molar-refractivity contribution >= 4 is 29.1 Å². The monoisotopic (exact) mass is 470 g/mol. The molecule has 7 nitrogen and oxygen atoms in total. The second-order valence-corrected chi connectivity index (χ2v) is 8.37. The molecule has 0 spiro atoms. The number of carbonyl (C=O) groups is 2. The second kappa shape index (κ2) is 9.85. The van der Waals surface area contributed by atoms with E-state index in [9.17, 15) is 14.7 Å². The van der Waals surface area contributed by atoms with Crippen LogP contribution in [0.5, 0.6) is 11.5 Å². The van der Waals surface area contributed by atoms with E-state index in [1.165, 1.54) is 4.90 Å². The molecule has 1 atom stereocenters. The molecular formula is C25H27ClN2O5. The van der Waals surface area contributed by atoms with Gasteiger partial charge in [-0.2, -0.15) is 0 Å². The highest BCUT2D eigenvalue weighted by atomic mass is 35.5. The fraction of sp³-hybridized carbons (Fsp3) is 0.360. The quantitative estimate of drug-likeness (QED) is 0.376. The molecule has 2 heterocycles. The lowest BCUT2D eigenvalue weighted by atomic mass is 9.95. The number of aliphatic hydroxyl groups excluding tert-OH is 1. The van der Waals surface area contributed by atoms with Gasteiger partial charge in [0.05, 0.1) is 11.6 Å². The number of ketones is 1. The third-order valence-electron chi connectivity index (χ3n) is 6.09. The van der Waals surface area contributed by atoms with Crippen LogP contribution < -0.4 is 9.47 Å². The summed E-state index contributed by atoms with van der Waals surface area (Å²) < 4.78 is 11.2. The number of aliphatic hydroxyl groups is 1. The van der Waals surface area contributed by atoms with E-state index in [4.69, 9.17) is 21.1 Å². The first-order chi connectivity index (χ1) is 15.9. The average molecular weight is 471 g/mol. The van der Waals surface area contributed by atoms with Crippen LogP contribution in [0.25, 0.3) is 5.76 Å². The van der Waals surface area contributed by atoms with Crippen molar-refractivity contribution in [1.29, 1.82) is 0 Å². The number of Topliss-reactive ketones (excluding diaryl/α,β-unsaturated/α-hetero) is 1. The molecule has 8 heteroatoms. The maximum Gasteiger partial charge on any atom is 0.295 e. The standard InChI is InChI=1S/C25H27ClN2O5/c1-3-27(4-2)11-12-28-22(16-5-8-18(26)9-6-16)21(24(30)25(28)31)23(29)17-7-10-19-20(15-17)33-14-13-32-19/h5-10,15,22,29H,3-4,11-14H2,1-2H3. The zero-order valence-corrected chi connectivity index (χ0v) is 19.5. The van der Waals surface area contributed by atoms with E-state index in [2.05, 4.69) is 18.7 Å². The lowest BCUT2D eigenvalue weighted by Crippen LogP contribution is -2.38. The first kappa shape index (κ1) is 23.1. The highest BCUT2D eigenvalue weighted by Gasteiger charge is 2.46. The van der Waals surface area contributed by atoms with Crippen molar-refractivity contribution in [1.82, 2.24) is 9.80 Å². The zero-order valence-electron chi connectivity index (χ0n) is 18.7. The number of amides is 1. The molecule has 1 fully saturated rings. The average Bonchev–Trinajstić information content (AvgIpc) is 3.09. The molecule has 174 valence electrons. The van der Waals surface area contributed by atoms with E-state index in [0.717, 1.165) is 13.1 Å². The molecule has 0 aromatic heterocycles. The van der Waals surface area contributed by atoms with Crippen molar-refractivity contribution in [2.24, 2.45) is 0 Å². The van der Waals surface area contributed by atoms with Gasteiger partial charge in [0.2, 0.25) is 0 Å². The van der Waals surface area contributed by atoms with Gasteiger partial charge >= 0.3 is 0 Å². The number of rotatable bonds is 7. The molecule has 2 aliphatic heterocycles. The van der Waals surface area contributed by atoms with Crippen LogP contribution in [0.4, 0.5) is 0 Å². The van der Waals surface area contributed by atoms with Gasteiger partial charge < -0.3 is 24.4 Å². The predicted octanol–water partition coefficient (Wildman–Crippen LogP) is 3.87. The molecule has 1 saturated heterocycles. The predicted molar refractivity (Wildman–Crippen MR) is 126 cm³/mol. The van der Waals surface area contributed by atoms with E-state index in [-0.39, 0.29) is 11.3 Å². The number of carbonyl (C=O) groups excluding carboxylic acids is 2. The Morgan fingerprint density at radius 2 is 1.73 bits per heavy atom. The molecule has 1 amide bonds. The van der Waals surface area contributed by atoms with Gasteiger partial charge in [0.25, 0.3) is 11.7 Å². The minimum absolute atomic E-state index is 0.0542. The third-order valence-corrected chi connectivity index (χ3v) is 6.34. The van der Waals surface area contributed by atoms with Gasteiger partial charge in [-0.15, -0.1) is 0 Å². The Balaban J connectivity index is 1.78. The van der Waals surface area contributed by atoms with Crippen molar-refractivity contribution in [2.45, 2.75) is 19.9 Å². The number of nitrogens with zero attached hydrogens (tertiary/aromatic N) is 2. The van der Waals surface area contributed by atoms with Crippen molar-refractivity contribution in [3.05, 3.63) is 64.2 Å². The van der Waals surface area contributed by atoms with E-state index in [1.807, 2.05) is 0 Å². The normalized spacial score (nSPS) is 19.4. The van der Waals surface area contributed by atoms with Gasteiger partial charge in [0.1, 0.15) is 19.0 Å². The summed E-state index contributed by atoms with van der Waals surface area (Å²) in [6, 6.07) is 11.2. The van der Waals surface area contributed by atoms with Crippen LogP contribution >= 0.6 is 11.6 Å². The second-order valence-electron chi connectivity index (χ2n) is 7.93. The molecule has 4 rings (SSSR count). The third kappa shape index (κ3) is 4.56. The minimum atomic E-state index is -0.717. The van der Waals surface area contributed by atoms with Crippen LogP contribution in [0.1, 0.15) is 31.0 Å². The van der Waals surface area contributed by atoms with Crippen molar-refractivity contribution in [3.8, 4) is 11.5 Å². The Bertz CT molecular complexity index is 1080. The Morgan fingerprint density at radius 1 is 1.06 bits per heavy atom. The van der Waals surface area contributed by atoms with Crippen LogP contribution in [-0.2, 0) is 9.59 Å². The highest BCUT2D eigenvalue weighted by molar-refractivity contribution is 6.46. The first-order valence-electron chi connectivity index (χ1n) is 11.1. The molecule has 1 N–H and O–H groups in total. The molecule has 0 saturated carbocycles. The Kier molecular flexibility index (Phi) is 6.91. The molecule has 0 radical (unpaired) electrons. The number of ether oxygens (including phenoxy) is 2. The minimum Gasteiger partial charge on any atom is -0.507 e. The number of hydrogen-bond donors (Lipinski definition) is 1. The number of benzene rings is 2. The molecule has 1 unspecified atom stereocenters. The summed E-state index contributed by atoms with van der Waals surface area (Å²) in [5.41, 5.74) is 1.15. The van der Waals surface area contributed by atoms with E-state index in [1.54, 1.807) is 42.5 Å². The van der Waals surface area contributed by atoms with Gasteiger partial charge in [-0.3, -0.25) is 9.59 Å². The molecule has 2 aromatic rings. The summed E-state index contributed by atoms with van der Waals surface area (Å²) in [6.45, 7) is 7.61. The topological polar surface area (TPSA) is 79.3 Å². The number of likely N-dealkylation sites (N-methyl/N-ethyl adjacent to an activating group) is 1. The van der Waals surface area contributed by atoms with Gasteiger partial charge in [-0.25, -0.2) is 0 Å². The van der Waals surface area contributed by atoms with Gasteiger partial charge in [-0.05, 0) is 49.0 Å². The Labute approximate surface area is 198 Å². The summed E-state index contributed by atoms with van der Waals surface area (Å²) in [5, 5.41) is 11.8. The SMILES string of the molecule is CCN(CC)CCN1C(=O)C(=O)C(=C(O)c2ccc3c(c2)OCCO3)C1c1ccc(Cl)cc1. The summed E-state index contributed by atoms with van der Waals surface area (Å²) in [5.74, 6) is -0.505. The number of fused-ring (bicyclic) bond motifs is 1. The fourth-order valence-corrected chi connectivity index (χ4v) is 4.36. The summed E-state index contributed by atoms with van der Waals surface area (Å²) in [4.78, 5) is 29.9. The first-order valence-corrected chi connectivity index (χ1v) is 11.5. The lowest BCUT2D eigenvalue weighted by Gasteiger charge is -2.28. The Hall–Kier alpha value is -3.03. The number of halogens is 1. The molecule has 2 aromatic carbocycles. The smallest absolute Gasteiger partial charge is 0.295 e. The molecule has 2 aliphatic rings. The van der Waals surface area contributed by atoms with E-state index in [0.29, 0.717) is 54.0 Å². The zero-order chi connectivity index (χ0) is 23.5. The Morgan fingerprint density at radius 3 is 2.39 bits per heavy atom. The van der Waals surface area contributed by atoms with Crippen LogP contribution in [0.3, 0.4) is 0 Å². The van der Waals surface area contributed by atoms with Crippen LogP contribution in [-0.4, -0.2) is 66.0 Å². The van der Waals surface area contributed by atoms with Crippen LogP contribution in [0.2, 0.25) is 5.02 Å². The van der Waals surface area contributed by atoms with Gasteiger partial charge in [0, 0.05) is 23.7 Å². The number of hydrogen-bond acceptors (Lipinski definition) is 6. The molecule has 0 bridgehead atoms. The maximum atomic E-state index is 13.1. The van der Waals surface area contributed by atoms with Gasteiger partial charge in [-0.1, -0.05) is 37.6 Å². The van der Waals surface area contributed by atoms with Crippen LogP contribution in [0, 0.1) is 0 Å².